The number of aromatic nitrogens is 2. The molecule has 1 heterocycles. The summed E-state index contributed by atoms with van der Waals surface area (Å²) in [6.07, 6.45) is 1.87. The summed E-state index contributed by atoms with van der Waals surface area (Å²) in [5.41, 5.74) is 4.84. The number of ether oxygens (including phenoxy) is 1. The van der Waals surface area contributed by atoms with Crippen molar-refractivity contribution in [2.75, 3.05) is 11.7 Å². The molecule has 1 aromatic carbocycles. The highest BCUT2D eigenvalue weighted by Gasteiger charge is 2.11. The average Bonchev–Trinajstić information content (AvgIpc) is 2.50. The highest BCUT2D eigenvalue weighted by molar-refractivity contribution is 7.98. The van der Waals surface area contributed by atoms with Gasteiger partial charge in [0, 0.05) is 6.07 Å². The molecule has 108 valence electrons. The molecule has 7 heteroatoms. The predicted molar refractivity (Wildman–Crippen MR) is 82.3 cm³/mol. The highest BCUT2D eigenvalue weighted by Crippen LogP contribution is 2.30. The Morgan fingerprint density at radius 1 is 1.24 bits per heavy atom. The van der Waals surface area contributed by atoms with Crippen LogP contribution in [0.15, 0.2) is 23.4 Å². The Hall–Kier alpha value is -2.30. The van der Waals surface area contributed by atoms with Crippen molar-refractivity contribution < 1.29 is 4.74 Å². The van der Waals surface area contributed by atoms with Gasteiger partial charge in [-0.3, -0.25) is 0 Å². The number of rotatable bonds is 4. The SMILES string of the molecule is CSc1nc(NN)cc(Oc2c(C)cc(C#N)cc2C)n1. The molecule has 1 aromatic heterocycles. The van der Waals surface area contributed by atoms with Gasteiger partial charge in [0.15, 0.2) is 5.16 Å². The summed E-state index contributed by atoms with van der Waals surface area (Å²) < 4.78 is 5.85. The smallest absolute Gasteiger partial charge is 0.225 e. The van der Waals surface area contributed by atoms with E-state index in [1.165, 1.54) is 11.8 Å². The first-order valence-corrected chi connectivity index (χ1v) is 7.38. The average molecular weight is 301 g/mol. The maximum absolute atomic E-state index is 8.97. The minimum Gasteiger partial charge on any atom is -0.438 e. The van der Waals surface area contributed by atoms with Gasteiger partial charge in [0.2, 0.25) is 5.88 Å². The monoisotopic (exact) mass is 301 g/mol. The van der Waals surface area contributed by atoms with Crippen LogP contribution in [0.3, 0.4) is 0 Å². The molecular weight excluding hydrogens is 286 g/mol. The molecule has 0 spiro atoms. The van der Waals surface area contributed by atoms with Crippen LogP contribution >= 0.6 is 11.8 Å². The molecule has 3 N–H and O–H groups in total. The molecule has 0 unspecified atom stereocenters. The lowest BCUT2D eigenvalue weighted by Gasteiger charge is -2.12. The summed E-state index contributed by atoms with van der Waals surface area (Å²) in [4.78, 5) is 8.47. The van der Waals surface area contributed by atoms with E-state index in [0.717, 1.165) is 11.1 Å². The number of nitriles is 1. The molecular formula is C14H15N5OS. The summed E-state index contributed by atoms with van der Waals surface area (Å²) >= 11 is 1.40. The normalized spacial score (nSPS) is 10.0. The molecule has 0 fully saturated rings. The number of benzene rings is 1. The number of anilines is 1. The molecule has 0 aliphatic rings. The number of nitrogens with two attached hydrogens (primary N) is 1. The van der Waals surface area contributed by atoms with E-state index in [-0.39, 0.29) is 0 Å². The molecule has 0 amide bonds. The summed E-state index contributed by atoms with van der Waals surface area (Å²) in [5.74, 6) is 6.96. The van der Waals surface area contributed by atoms with Crippen LogP contribution in [0.5, 0.6) is 11.6 Å². The van der Waals surface area contributed by atoms with E-state index in [9.17, 15) is 0 Å². The van der Waals surface area contributed by atoms with Gasteiger partial charge in [-0.15, -0.1) is 0 Å². The van der Waals surface area contributed by atoms with Gasteiger partial charge in [-0.05, 0) is 43.4 Å². The Bertz CT molecular complexity index is 666. The molecule has 0 aliphatic heterocycles. The zero-order valence-corrected chi connectivity index (χ0v) is 12.8. The van der Waals surface area contributed by atoms with Crippen molar-refractivity contribution in [3.63, 3.8) is 0 Å². The minimum atomic E-state index is 0.401. The number of hydrogen-bond acceptors (Lipinski definition) is 7. The molecule has 0 saturated carbocycles. The summed E-state index contributed by atoms with van der Waals surface area (Å²) in [7, 11) is 0. The molecule has 2 rings (SSSR count). The van der Waals surface area contributed by atoms with E-state index in [0.29, 0.717) is 28.2 Å². The Morgan fingerprint density at radius 2 is 1.90 bits per heavy atom. The largest absolute Gasteiger partial charge is 0.438 e. The molecule has 6 nitrogen and oxygen atoms in total. The minimum absolute atomic E-state index is 0.401. The van der Waals surface area contributed by atoms with E-state index >= 15 is 0 Å². The lowest BCUT2D eigenvalue weighted by Crippen LogP contribution is -2.09. The van der Waals surface area contributed by atoms with Gasteiger partial charge < -0.3 is 10.2 Å². The number of hydrazine groups is 1. The van der Waals surface area contributed by atoms with Gasteiger partial charge in [0.25, 0.3) is 0 Å². The Labute approximate surface area is 127 Å². The van der Waals surface area contributed by atoms with Gasteiger partial charge in [-0.2, -0.15) is 10.2 Å². The summed E-state index contributed by atoms with van der Waals surface area (Å²) in [6.45, 7) is 3.78. The number of aryl methyl sites for hydroxylation is 2. The number of nitrogens with one attached hydrogen (secondary N) is 1. The molecule has 21 heavy (non-hydrogen) atoms. The first-order chi connectivity index (χ1) is 10.1. The summed E-state index contributed by atoms with van der Waals surface area (Å²) in [6, 6.07) is 7.30. The van der Waals surface area contributed by atoms with Crippen molar-refractivity contribution in [2.45, 2.75) is 19.0 Å². The topological polar surface area (TPSA) is 96.9 Å². The highest BCUT2D eigenvalue weighted by atomic mass is 32.2. The van der Waals surface area contributed by atoms with Gasteiger partial charge >= 0.3 is 0 Å². The molecule has 0 aliphatic carbocycles. The van der Waals surface area contributed by atoms with Crippen LogP contribution in [0.4, 0.5) is 5.82 Å². The number of hydrogen-bond donors (Lipinski definition) is 2. The standard InChI is InChI=1S/C14H15N5OS/c1-8-4-10(7-15)5-9(2)13(8)20-12-6-11(19-16)17-14(18-12)21-3/h4-6H,16H2,1-3H3,(H,17,18,19). The second kappa shape index (κ2) is 6.43. The zero-order chi connectivity index (χ0) is 15.4. The fourth-order valence-electron chi connectivity index (χ4n) is 1.90. The fraction of sp³-hybridized carbons (Fsp3) is 0.214. The Balaban J connectivity index is 2.41. The van der Waals surface area contributed by atoms with Crippen LogP contribution in [-0.2, 0) is 0 Å². The second-order valence-corrected chi connectivity index (χ2v) is 5.15. The third-order valence-electron chi connectivity index (χ3n) is 2.81. The maximum atomic E-state index is 8.97. The van der Waals surface area contributed by atoms with Gasteiger partial charge in [-0.25, -0.2) is 10.8 Å². The van der Waals surface area contributed by atoms with E-state index < -0.39 is 0 Å². The first kappa shape index (κ1) is 15.1. The van der Waals surface area contributed by atoms with Crippen molar-refractivity contribution in [1.82, 2.24) is 9.97 Å². The van der Waals surface area contributed by atoms with E-state index in [1.54, 1.807) is 18.2 Å². The lowest BCUT2D eigenvalue weighted by atomic mass is 10.1. The van der Waals surface area contributed by atoms with Crippen molar-refractivity contribution in [1.29, 1.82) is 5.26 Å². The van der Waals surface area contributed by atoms with Crippen LogP contribution in [0.2, 0.25) is 0 Å². The van der Waals surface area contributed by atoms with Crippen LogP contribution in [0.1, 0.15) is 16.7 Å². The zero-order valence-electron chi connectivity index (χ0n) is 12.0. The summed E-state index contributed by atoms with van der Waals surface area (Å²) in [5, 5.41) is 9.53. The quantitative estimate of drug-likeness (QED) is 0.388. The van der Waals surface area contributed by atoms with Crippen molar-refractivity contribution in [2.24, 2.45) is 5.84 Å². The third-order valence-corrected chi connectivity index (χ3v) is 3.36. The van der Waals surface area contributed by atoms with Crippen molar-refractivity contribution in [3.05, 3.63) is 34.9 Å². The van der Waals surface area contributed by atoms with E-state index in [4.69, 9.17) is 15.8 Å². The maximum Gasteiger partial charge on any atom is 0.225 e. The van der Waals surface area contributed by atoms with E-state index in [2.05, 4.69) is 21.5 Å². The fourth-order valence-corrected chi connectivity index (χ4v) is 2.27. The van der Waals surface area contributed by atoms with Gasteiger partial charge in [-0.1, -0.05) is 11.8 Å². The molecule has 0 bridgehead atoms. The first-order valence-electron chi connectivity index (χ1n) is 6.16. The van der Waals surface area contributed by atoms with Crippen LogP contribution in [0, 0.1) is 25.2 Å². The number of thioether (sulfide) groups is 1. The van der Waals surface area contributed by atoms with Crippen LogP contribution in [-0.4, -0.2) is 16.2 Å². The Morgan fingerprint density at radius 3 is 2.43 bits per heavy atom. The molecule has 2 aromatic rings. The van der Waals surface area contributed by atoms with E-state index in [1.807, 2.05) is 20.1 Å². The number of nitrogens with zero attached hydrogens (tertiary/aromatic N) is 3. The van der Waals surface area contributed by atoms with Crippen LogP contribution < -0.4 is 16.0 Å². The molecule has 0 radical (unpaired) electrons. The van der Waals surface area contributed by atoms with Crippen molar-refractivity contribution >= 4 is 17.6 Å². The van der Waals surface area contributed by atoms with Crippen LogP contribution in [0.25, 0.3) is 0 Å². The van der Waals surface area contributed by atoms with Gasteiger partial charge in [0.1, 0.15) is 11.6 Å². The molecule has 0 atom stereocenters. The lowest BCUT2D eigenvalue weighted by molar-refractivity contribution is 0.449. The second-order valence-electron chi connectivity index (χ2n) is 4.38. The predicted octanol–water partition coefficient (Wildman–Crippen LogP) is 2.76. The number of nitrogen functional groups attached to an aromatic ring is 1. The molecule has 0 saturated heterocycles. The van der Waals surface area contributed by atoms with Crippen molar-refractivity contribution in [3.8, 4) is 17.7 Å². The van der Waals surface area contributed by atoms with Gasteiger partial charge in [0.05, 0.1) is 11.6 Å². The Kier molecular flexibility index (Phi) is 4.62. The third kappa shape index (κ3) is 3.42.